The summed E-state index contributed by atoms with van der Waals surface area (Å²) < 4.78 is 1.91. The number of nitrogens with zero attached hydrogens (tertiary/aromatic N) is 7. The molecule has 0 aliphatic carbocycles. The third-order valence-corrected chi connectivity index (χ3v) is 4.97. The van der Waals surface area contributed by atoms with E-state index >= 15 is 0 Å². The van der Waals surface area contributed by atoms with E-state index in [1.165, 1.54) is 6.42 Å². The smallest absolute Gasteiger partial charge is 0.227 e. The number of anilines is 2. The highest BCUT2D eigenvalue weighted by atomic mass is 16.3. The van der Waals surface area contributed by atoms with Gasteiger partial charge in [-0.1, -0.05) is 5.21 Å². The Hall–Kier alpha value is -2.22. The van der Waals surface area contributed by atoms with E-state index in [-0.39, 0.29) is 6.61 Å². The van der Waals surface area contributed by atoms with Crippen molar-refractivity contribution in [1.82, 2.24) is 25.0 Å². The van der Waals surface area contributed by atoms with Gasteiger partial charge in [0.2, 0.25) is 5.95 Å². The molecule has 1 N–H and O–H groups in total. The maximum Gasteiger partial charge on any atom is 0.227 e. The average Bonchev–Trinajstić information content (AvgIpc) is 3.04. The number of rotatable bonds is 6. The largest absolute Gasteiger partial charge is 0.396 e. The van der Waals surface area contributed by atoms with Crippen molar-refractivity contribution < 1.29 is 5.11 Å². The summed E-state index contributed by atoms with van der Waals surface area (Å²) in [5, 5.41) is 17.3. The summed E-state index contributed by atoms with van der Waals surface area (Å²) in [6.45, 7) is 7.08. The SMILES string of the molecule is Cc1nc(N(C)C)nc(N2CCC[C@H](Cn3cc(CCO)nn3)C2)c1C. The third-order valence-electron chi connectivity index (χ3n) is 4.97. The van der Waals surface area contributed by atoms with Gasteiger partial charge in [0.15, 0.2) is 0 Å². The molecular formula is C18H29N7O. The highest BCUT2D eigenvalue weighted by Gasteiger charge is 2.24. The van der Waals surface area contributed by atoms with Crippen LogP contribution in [0.3, 0.4) is 0 Å². The second-order valence-electron chi connectivity index (χ2n) is 7.31. The van der Waals surface area contributed by atoms with E-state index in [1.54, 1.807) is 0 Å². The van der Waals surface area contributed by atoms with Gasteiger partial charge in [0.05, 0.1) is 5.69 Å². The van der Waals surface area contributed by atoms with Crippen LogP contribution in [0.5, 0.6) is 0 Å². The van der Waals surface area contributed by atoms with Crippen LogP contribution in [-0.4, -0.2) is 63.9 Å². The van der Waals surface area contributed by atoms with E-state index in [2.05, 4.69) is 27.1 Å². The van der Waals surface area contributed by atoms with Crippen LogP contribution in [0.15, 0.2) is 6.20 Å². The lowest BCUT2D eigenvalue weighted by molar-refractivity contribution is 0.298. The molecule has 0 aromatic carbocycles. The Labute approximate surface area is 154 Å². The van der Waals surface area contributed by atoms with Crippen molar-refractivity contribution in [2.45, 2.75) is 39.7 Å². The van der Waals surface area contributed by atoms with Crippen LogP contribution in [0.4, 0.5) is 11.8 Å². The molecule has 0 unspecified atom stereocenters. The molecule has 1 aliphatic heterocycles. The van der Waals surface area contributed by atoms with Crippen molar-refractivity contribution in [2.24, 2.45) is 5.92 Å². The molecule has 0 radical (unpaired) electrons. The molecule has 0 saturated carbocycles. The van der Waals surface area contributed by atoms with Crippen LogP contribution >= 0.6 is 0 Å². The number of hydrogen-bond donors (Lipinski definition) is 1. The number of piperidine rings is 1. The zero-order chi connectivity index (χ0) is 18.7. The highest BCUT2D eigenvalue weighted by molar-refractivity contribution is 5.52. The summed E-state index contributed by atoms with van der Waals surface area (Å²) in [7, 11) is 3.95. The van der Waals surface area contributed by atoms with Crippen LogP contribution in [0.25, 0.3) is 0 Å². The van der Waals surface area contributed by atoms with Gasteiger partial charge >= 0.3 is 0 Å². The van der Waals surface area contributed by atoms with E-state index in [0.717, 1.165) is 54.8 Å². The fraction of sp³-hybridized carbons (Fsp3) is 0.667. The Morgan fingerprint density at radius 1 is 1.27 bits per heavy atom. The maximum atomic E-state index is 9.02. The van der Waals surface area contributed by atoms with Gasteiger partial charge in [0.25, 0.3) is 0 Å². The molecule has 0 spiro atoms. The molecule has 26 heavy (non-hydrogen) atoms. The van der Waals surface area contributed by atoms with Crippen molar-refractivity contribution >= 4 is 11.8 Å². The number of aliphatic hydroxyl groups is 1. The van der Waals surface area contributed by atoms with Crippen LogP contribution in [-0.2, 0) is 13.0 Å². The van der Waals surface area contributed by atoms with Crippen molar-refractivity contribution in [3.63, 3.8) is 0 Å². The van der Waals surface area contributed by atoms with Gasteiger partial charge in [0, 0.05) is 64.2 Å². The quantitative estimate of drug-likeness (QED) is 0.830. The lowest BCUT2D eigenvalue weighted by atomic mass is 9.97. The Bertz CT molecular complexity index is 743. The Kier molecular flexibility index (Phi) is 5.70. The van der Waals surface area contributed by atoms with Gasteiger partial charge in [0.1, 0.15) is 5.82 Å². The minimum atomic E-state index is 0.108. The Morgan fingerprint density at radius 2 is 2.08 bits per heavy atom. The van der Waals surface area contributed by atoms with Crippen molar-refractivity contribution in [1.29, 1.82) is 0 Å². The molecule has 8 heteroatoms. The lowest BCUT2D eigenvalue weighted by Gasteiger charge is -2.34. The molecule has 142 valence electrons. The fourth-order valence-electron chi connectivity index (χ4n) is 3.43. The first-order valence-corrected chi connectivity index (χ1v) is 9.25. The lowest BCUT2D eigenvalue weighted by Crippen LogP contribution is -2.38. The monoisotopic (exact) mass is 359 g/mol. The van der Waals surface area contributed by atoms with Crippen LogP contribution in [0, 0.1) is 19.8 Å². The topological polar surface area (TPSA) is 83.2 Å². The van der Waals surface area contributed by atoms with E-state index < -0.39 is 0 Å². The molecule has 1 atom stereocenters. The number of aryl methyl sites for hydroxylation is 1. The Balaban J connectivity index is 1.73. The standard InChI is InChI=1S/C18H29N7O/c1-13-14(2)19-18(23(3)4)20-17(13)24-8-5-6-15(10-24)11-25-12-16(7-9-26)21-22-25/h12,15,26H,5-11H2,1-4H3/t15-/m0/s1. The zero-order valence-corrected chi connectivity index (χ0v) is 16.2. The highest BCUT2D eigenvalue weighted by Crippen LogP contribution is 2.27. The average molecular weight is 359 g/mol. The van der Waals surface area contributed by atoms with E-state index in [9.17, 15) is 0 Å². The molecule has 1 saturated heterocycles. The molecular weight excluding hydrogens is 330 g/mol. The minimum absolute atomic E-state index is 0.108. The normalized spacial score (nSPS) is 17.6. The fourth-order valence-corrected chi connectivity index (χ4v) is 3.43. The van der Waals surface area contributed by atoms with Gasteiger partial charge < -0.3 is 14.9 Å². The first-order chi connectivity index (χ1) is 12.5. The van der Waals surface area contributed by atoms with Gasteiger partial charge in [-0.15, -0.1) is 5.10 Å². The van der Waals surface area contributed by atoms with Crippen molar-refractivity contribution in [2.75, 3.05) is 43.6 Å². The number of aliphatic hydroxyl groups excluding tert-OH is 1. The van der Waals surface area contributed by atoms with E-state index in [0.29, 0.717) is 12.3 Å². The molecule has 1 aliphatic rings. The van der Waals surface area contributed by atoms with Crippen molar-refractivity contribution in [3.05, 3.63) is 23.1 Å². The summed E-state index contributed by atoms with van der Waals surface area (Å²) in [6, 6.07) is 0. The van der Waals surface area contributed by atoms with Gasteiger partial charge in [-0.3, -0.25) is 4.68 Å². The molecule has 8 nitrogen and oxygen atoms in total. The molecule has 2 aromatic heterocycles. The van der Waals surface area contributed by atoms with Crippen LogP contribution in [0.1, 0.15) is 29.8 Å². The first kappa shape index (κ1) is 18.6. The van der Waals surface area contributed by atoms with Crippen LogP contribution < -0.4 is 9.80 Å². The summed E-state index contributed by atoms with van der Waals surface area (Å²) in [5.74, 6) is 2.31. The molecule has 0 amide bonds. The Morgan fingerprint density at radius 3 is 2.81 bits per heavy atom. The molecule has 0 bridgehead atoms. The second-order valence-corrected chi connectivity index (χ2v) is 7.31. The number of aromatic nitrogens is 5. The molecule has 2 aromatic rings. The minimum Gasteiger partial charge on any atom is -0.396 e. The van der Waals surface area contributed by atoms with Gasteiger partial charge in [-0.25, -0.2) is 4.98 Å². The summed E-state index contributed by atoms with van der Waals surface area (Å²) in [4.78, 5) is 13.7. The summed E-state index contributed by atoms with van der Waals surface area (Å²) in [6.07, 6.45) is 4.82. The van der Waals surface area contributed by atoms with E-state index in [4.69, 9.17) is 10.1 Å². The van der Waals surface area contributed by atoms with E-state index in [1.807, 2.05) is 36.8 Å². The van der Waals surface area contributed by atoms with Gasteiger partial charge in [-0.2, -0.15) is 4.98 Å². The predicted octanol–water partition coefficient (Wildman–Crippen LogP) is 1.20. The predicted molar refractivity (Wildman–Crippen MR) is 102 cm³/mol. The van der Waals surface area contributed by atoms with Crippen molar-refractivity contribution in [3.8, 4) is 0 Å². The first-order valence-electron chi connectivity index (χ1n) is 9.25. The summed E-state index contributed by atoms with van der Waals surface area (Å²) in [5.41, 5.74) is 3.03. The number of hydrogen-bond acceptors (Lipinski definition) is 7. The third kappa shape index (κ3) is 4.12. The summed E-state index contributed by atoms with van der Waals surface area (Å²) >= 11 is 0. The van der Waals surface area contributed by atoms with Gasteiger partial charge in [-0.05, 0) is 32.6 Å². The van der Waals surface area contributed by atoms with Crippen LogP contribution in [0.2, 0.25) is 0 Å². The molecule has 3 rings (SSSR count). The maximum absolute atomic E-state index is 9.02. The zero-order valence-electron chi connectivity index (χ0n) is 16.2. The molecule has 1 fully saturated rings. The molecule has 3 heterocycles. The second kappa shape index (κ2) is 7.99.